The number of rotatable bonds is 6. The van der Waals surface area contributed by atoms with E-state index in [1.54, 1.807) is 0 Å². The Morgan fingerprint density at radius 1 is 1.18 bits per heavy atom. The van der Waals surface area contributed by atoms with Gasteiger partial charge in [-0.25, -0.2) is 18.1 Å². The first kappa shape index (κ1) is 19.9. The van der Waals surface area contributed by atoms with Gasteiger partial charge in [0.25, 0.3) is 0 Å². The average Bonchev–Trinajstić information content (AvgIpc) is 3.16. The van der Waals surface area contributed by atoms with Crippen molar-refractivity contribution in [2.45, 2.75) is 44.6 Å². The number of fused-ring (bicyclic) bond motifs is 1. The molecular weight excluding hydrogens is 376 g/mol. The van der Waals surface area contributed by atoms with E-state index in [0.717, 1.165) is 88.9 Å². The van der Waals surface area contributed by atoms with E-state index in [1.807, 2.05) is 6.20 Å². The standard InChI is InChI=1S/C20H32N4O3S/c1-28(25,26)22-18-4-2-16(3-5-18)7-10-23-11-13-24(14-12-23)20-19-17(6-9-21-20)8-15-27-19/h6,9,16,18,22H,2-5,7-8,10-15H2,1H3. The van der Waals surface area contributed by atoms with Crippen molar-refractivity contribution in [3.05, 3.63) is 17.8 Å². The van der Waals surface area contributed by atoms with Crippen molar-refractivity contribution in [2.24, 2.45) is 5.92 Å². The number of nitrogens with one attached hydrogen (secondary N) is 1. The second kappa shape index (κ2) is 8.55. The molecule has 0 unspecified atom stereocenters. The molecular formula is C20H32N4O3S. The number of nitrogens with zero attached hydrogens (tertiary/aromatic N) is 3. The topological polar surface area (TPSA) is 74.8 Å². The van der Waals surface area contributed by atoms with Crippen LogP contribution in [0.4, 0.5) is 5.82 Å². The minimum absolute atomic E-state index is 0.136. The van der Waals surface area contributed by atoms with Gasteiger partial charge in [0.05, 0.1) is 12.9 Å². The fraction of sp³-hybridized carbons (Fsp3) is 0.750. The van der Waals surface area contributed by atoms with Crippen molar-refractivity contribution in [3.8, 4) is 5.75 Å². The van der Waals surface area contributed by atoms with E-state index in [4.69, 9.17) is 4.74 Å². The second-order valence-electron chi connectivity index (χ2n) is 8.45. The van der Waals surface area contributed by atoms with Crippen LogP contribution in [0.1, 0.15) is 37.7 Å². The van der Waals surface area contributed by atoms with Crippen LogP contribution in [-0.4, -0.2) is 69.9 Å². The molecule has 2 aliphatic heterocycles. The van der Waals surface area contributed by atoms with Gasteiger partial charge >= 0.3 is 0 Å². The minimum Gasteiger partial charge on any atom is -0.489 e. The van der Waals surface area contributed by atoms with Crippen molar-refractivity contribution in [3.63, 3.8) is 0 Å². The zero-order chi connectivity index (χ0) is 19.6. The monoisotopic (exact) mass is 408 g/mol. The van der Waals surface area contributed by atoms with Gasteiger partial charge < -0.3 is 9.64 Å². The summed E-state index contributed by atoms with van der Waals surface area (Å²) < 4.78 is 31.3. The normalized spacial score (nSPS) is 26.1. The van der Waals surface area contributed by atoms with Crippen molar-refractivity contribution in [2.75, 3.05) is 50.5 Å². The van der Waals surface area contributed by atoms with Gasteiger partial charge in [-0.05, 0) is 50.6 Å². The van der Waals surface area contributed by atoms with E-state index in [1.165, 1.54) is 18.2 Å². The molecule has 0 radical (unpaired) electrons. The van der Waals surface area contributed by atoms with Crippen LogP contribution >= 0.6 is 0 Å². The molecule has 3 heterocycles. The number of aromatic nitrogens is 1. The third-order valence-electron chi connectivity index (χ3n) is 6.34. The molecule has 7 nitrogen and oxygen atoms in total. The first-order chi connectivity index (χ1) is 13.5. The third-order valence-corrected chi connectivity index (χ3v) is 7.10. The smallest absolute Gasteiger partial charge is 0.208 e. The minimum atomic E-state index is -3.08. The highest BCUT2D eigenvalue weighted by atomic mass is 32.2. The fourth-order valence-electron chi connectivity index (χ4n) is 4.74. The summed E-state index contributed by atoms with van der Waals surface area (Å²) in [6.07, 6.45) is 9.57. The van der Waals surface area contributed by atoms with Crippen LogP contribution in [0.2, 0.25) is 0 Å². The van der Waals surface area contributed by atoms with Gasteiger partial charge in [0.15, 0.2) is 11.6 Å². The van der Waals surface area contributed by atoms with Gasteiger partial charge in [-0.2, -0.15) is 0 Å². The van der Waals surface area contributed by atoms with Gasteiger partial charge in [-0.3, -0.25) is 4.90 Å². The molecule has 1 aromatic heterocycles. The fourth-order valence-corrected chi connectivity index (χ4v) is 5.58. The number of anilines is 1. The molecule has 28 heavy (non-hydrogen) atoms. The van der Waals surface area contributed by atoms with Crippen LogP contribution < -0.4 is 14.4 Å². The summed E-state index contributed by atoms with van der Waals surface area (Å²) >= 11 is 0. The van der Waals surface area contributed by atoms with Crippen LogP contribution in [0.5, 0.6) is 5.75 Å². The number of hydrogen-bond acceptors (Lipinski definition) is 6. The van der Waals surface area contributed by atoms with Gasteiger partial charge in [0.1, 0.15) is 0 Å². The summed E-state index contributed by atoms with van der Waals surface area (Å²) in [6.45, 7) is 6.04. The molecule has 0 amide bonds. The highest BCUT2D eigenvalue weighted by Crippen LogP contribution is 2.34. The lowest BCUT2D eigenvalue weighted by molar-refractivity contribution is 0.214. The molecule has 1 saturated heterocycles. The summed E-state index contributed by atoms with van der Waals surface area (Å²) in [4.78, 5) is 9.51. The Kier molecular flexibility index (Phi) is 6.08. The van der Waals surface area contributed by atoms with Crippen LogP contribution in [0.15, 0.2) is 12.3 Å². The number of ether oxygens (including phenoxy) is 1. The second-order valence-corrected chi connectivity index (χ2v) is 10.2. The maximum absolute atomic E-state index is 11.4. The highest BCUT2D eigenvalue weighted by Gasteiger charge is 2.26. The Labute approximate surface area is 168 Å². The first-order valence-electron chi connectivity index (χ1n) is 10.5. The Morgan fingerprint density at radius 3 is 2.64 bits per heavy atom. The number of piperazine rings is 1. The first-order valence-corrected chi connectivity index (χ1v) is 12.4. The molecule has 8 heteroatoms. The number of pyridine rings is 1. The molecule has 0 atom stereocenters. The zero-order valence-electron chi connectivity index (χ0n) is 16.8. The Bertz CT molecular complexity index is 770. The van der Waals surface area contributed by atoms with Gasteiger partial charge in [0.2, 0.25) is 10.0 Å². The van der Waals surface area contributed by atoms with Crippen LogP contribution in [0.25, 0.3) is 0 Å². The molecule has 3 aliphatic rings. The molecule has 0 bridgehead atoms. The molecule has 4 rings (SSSR count). The predicted octanol–water partition coefficient (Wildman–Crippen LogP) is 1.64. The molecule has 2 fully saturated rings. The lowest BCUT2D eigenvalue weighted by atomic mass is 9.84. The van der Waals surface area contributed by atoms with Crippen LogP contribution in [-0.2, 0) is 16.4 Å². The molecule has 0 aromatic carbocycles. The Morgan fingerprint density at radius 2 is 1.93 bits per heavy atom. The zero-order valence-corrected chi connectivity index (χ0v) is 17.6. The van der Waals surface area contributed by atoms with E-state index in [0.29, 0.717) is 0 Å². The lowest BCUT2D eigenvalue weighted by Crippen LogP contribution is -2.47. The molecule has 156 valence electrons. The van der Waals surface area contributed by atoms with E-state index in [2.05, 4.69) is 25.6 Å². The molecule has 0 spiro atoms. The maximum Gasteiger partial charge on any atom is 0.208 e. The number of sulfonamides is 1. The van der Waals surface area contributed by atoms with Crippen LogP contribution in [0, 0.1) is 5.92 Å². The summed E-state index contributed by atoms with van der Waals surface area (Å²) in [5.74, 6) is 2.74. The van der Waals surface area contributed by atoms with Gasteiger partial charge in [0, 0.05) is 50.4 Å². The van der Waals surface area contributed by atoms with Crippen molar-refractivity contribution >= 4 is 15.8 Å². The average molecular weight is 409 g/mol. The van der Waals surface area contributed by atoms with E-state index >= 15 is 0 Å². The Hall–Kier alpha value is -1.38. The van der Waals surface area contributed by atoms with Crippen LogP contribution in [0.3, 0.4) is 0 Å². The summed E-state index contributed by atoms with van der Waals surface area (Å²) in [6, 6.07) is 2.21. The quantitative estimate of drug-likeness (QED) is 0.771. The SMILES string of the molecule is CS(=O)(=O)NC1CCC(CCN2CCN(c3nccc4c3OCC4)CC2)CC1. The molecule has 1 N–H and O–H groups in total. The largest absolute Gasteiger partial charge is 0.489 e. The van der Waals surface area contributed by atoms with E-state index in [9.17, 15) is 8.42 Å². The van der Waals surface area contributed by atoms with E-state index in [-0.39, 0.29) is 6.04 Å². The van der Waals surface area contributed by atoms with Crippen molar-refractivity contribution < 1.29 is 13.2 Å². The maximum atomic E-state index is 11.4. The Balaban J connectivity index is 1.19. The van der Waals surface area contributed by atoms with Crippen molar-refractivity contribution in [1.82, 2.24) is 14.6 Å². The number of hydrogen-bond donors (Lipinski definition) is 1. The lowest BCUT2D eigenvalue weighted by Gasteiger charge is -2.37. The molecule has 1 aliphatic carbocycles. The van der Waals surface area contributed by atoms with Gasteiger partial charge in [-0.1, -0.05) is 0 Å². The summed E-state index contributed by atoms with van der Waals surface area (Å²) in [7, 11) is -3.08. The summed E-state index contributed by atoms with van der Waals surface area (Å²) in [5.41, 5.74) is 1.29. The highest BCUT2D eigenvalue weighted by molar-refractivity contribution is 7.88. The van der Waals surface area contributed by atoms with E-state index < -0.39 is 10.0 Å². The summed E-state index contributed by atoms with van der Waals surface area (Å²) in [5, 5.41) is 0. The third kappa shape index (κ3) is 4.96. The predicted molar refractivity (Wildman–Crippen MR) is 110 cm³/mol. The van der Waals surface area contributed by atoms with Crippen molar-refractivity contribution in [1.29, 1.82) is 0 Å². The van der Waals surface area contributed by atoms with Gasteiger partial charge in [-0.15, -0.1) is 0 Å². The molecule has 1 aromatic rings. The molecule has 1 saturated carbocycles.